The number of piperazine rings is 1. The summed E-state index contributed by atoms with van der Waals surface area (Å²) in [5, 5.41) is 3.35. The number of nitrogens with one attached hydrogen (secondary N) is 1. The molecule has 1 saturated heterocycles. The highest BCUT2D eigenvalue weighted by Crippen LogP contribution is 2.21. The molecule has 0 bridgehead atoms. The number of pyridine rings is 1. The van der Waals surface area contributed by atoms with E-state index in [1.165, 1.54) is 0 Å². The van der Waals surface area contributed by atoms with E-state index in [0.29, 0.717) is 12.8 Å². The van der Waals surface area contributed by atoms with Gasteiger partial charge in [-0.05, 0) is 18.6 Å². The lowest BCUT2D eigenvalue weighted by Crippen LogP contribution is -2.49. The lowest BCUT2D eigenvalue weighted by atomic mass is 10.1. The van der Waals surface area contributed by atoms with E-state index in [1.807, 2.05) is 40.9 Å². The molecule has 0 aromatic carbocycles. The molecule has 1 aliphatic rings. The van der Waals surface area contributed by atoms with Gasteiger partial charge < -0.3 is 14.8 Å². The zero-order valence-corrected chi connectivity index (χ0v) is 12.8. The number of aromatic nitrogens is 3. The molecule has 2 aromatic rings. The van der Waals surface area contributed by atoms with Gasteiger partial charge in [0, 0.05) is 57.4 Å². The highest BCUT2D eigenvalue weighted by Gasteiger charge is 2.29. The molecule has 1 unspecified atom stereocenters. The Hall–Kier alpha value is -2.21. The summed E-state index contributed by atoms with van der Waals surface area (Å²) in [6, 6.07) is 5.80. The Bertz CT molecular complexity index is 624. The maximum Gasteiger partial charge on any atom is 0.223 e. The number of nitrogens with zero attached hydrogens (tertiary/aromatic N) is 4. The molecule has 3 heterocycles. The normalized spacial score (nSPS) is 18.4. The molecule has 0 aliphatic carbocycles. The zero-order valence-electron chi connectivity index (χ0n) is 12.8. The van der Waals surface area contributed by atoms with Crippen molar-refractivity contribution >= 4 is 5.91 Å². The first-order chi connectivity index (χ1) is 10.8. The molecule has 0 saturated carbocycles. The van der Waals surface area contributed by atoms with Gasteiger partial charge in [0.2, 0.25) is 5.91 Å². The number of aryl methyl sites for hydroxylation is 2. The van der Waals surface area contributed by atoms with Crippen molar-refractivity contribution in [1.29, 1.82) is 0 Å². The number of hydrogen-bond donors (Lipinski definition) is 1. The molecule has 1 fully saturated rings. The number of carbonyl (C=O) groups is 1. The topological polar surface area (TPSA) is 63.1 Å². The van der Waals surface area contributed by atoms with Gasteiger partial charge in [-0.2, -0.15) is 0 Å². The van der Waals surface area contributed by atoms with E-state index in [-0.39, 0.29) is 11.9 Å². The number of hydrogen-bond acceptors (Lipinski definition) is 4. The molecule has 6 nitrogen and oxygen atoms in total. The van der Waals surface area contributed by atoms with Crippen LogP contribution in [0.1, 0.15) is 24.0 Å². The number of carbonyl (C=O) groups excluding carboxylic acids is 1. The van der Waals surface area contributed by atoms with E-state index in [4.69, 9.17) is 0 Å². The third kappa shape index (κ3) is 3.17. The van der Waals surface area contributed by atoms with Gasteiger partial charge in [-0.1, -0.05) is 6.07 Å². The van der Waals surface area contributed by atoms with Crippen LogP contribution < -0.4 is 5.32 Å². The van der Waals surface area contributed by atoms with Gasteiger partial charge in [0.1, 0.15) is 11.9 Å². The van der Waals surface area contributed by atoms with Gasteiger partial charge in [-0.15, -0.1) is 0 Å². The van der Waals surface area contributed by atoms with Crippen LogP contribution in [0.5, 0.6) is 0 Å². The minimum absolute atomic E-state index is 0.00461. The van der Waals surface area contributed by atoms with Crippen molar-refractivity contribution in [3.8, 4) is 0 Å². The van der Waals surface area contributed by atoms with Crippen LogP contribution in [0.2, 0.25) is 0 Å². The smallest absolute Gasteiger partial charge is 0.223 e. The van der Waals surface area contributed by atoms with Gasteiger partial charge in [0.25, 0.3) is 0 Å². The summed E-state index contributed by atoms with van der Waals surface area (Å²) in [5.74, 6) is 1.10. The van der Waals surface area contributed by atoms with Crippen molar-refractivity contribution in [3.63, 3.8) is 0 Å². The van der Waals surface area contributed by atoms with Crippen LogP contribution in [0.4, 0.5) is 0 Å². The Kier molecular flexibility index (Phi) is 4.48. The maximum atomic E-state index is 12.6. The minimum atomic E-state index is 0.00461. The summed E-state index contributed by atoms with van der Waals surface area (Å²) >= 11 is 0. The fraction of sp³-hybridized carbons (Fsp3) is 0.438. The van der Waals surface area contributed by atoms with Crippen LogP contribution in [0.3, 0.4) is 0 Å². The summed E-state index contributed by atoms with van der Waals surface area (Å²) in [7, 11) is 1.97. The third-order valence-corrected chi connectivity index (χ3v) is 4.04. The van der Waals surface area contributed by atoms with E-state index in [1.54, 1.807) is 12.4 Å². The molecule has 0 radical (unpaired) electrons. The quantitative estimate of drug-likeness (QED) is 0.912. The second-order valence-corrected chi connectivity index (χ2v) is 5.52. The van der Waals surface area contributed by atoms with Gasteiger partial charge in [-0.3, -0.25) is 9.78 Å². The molecule has 3 rings (SSSR count). The Morgan fingerprint density at radius 3 is 3.00 bits per heavy atom. The van der Waals surface area contributed by atoms with Crippen molar-refractivity contribution in [1.82, 2.24) is 24.8 Å². The summed E-state index contributed by atoms with van der Waals surface area (Å²) in [5.41, 5.74) is 0.958. The Labute approximate surface area is 130 Å². The molecule has 1 aliphatic heterocycles. The van der Waals surface area contributed by atoms with Gasteiger partial charge in [0.15, 0.2) is 0 Å². The number of imidazole rings is 1. The molecule has 2 aromatic heterocycles. The van der Waals surface area contributed by atoms with Gasteiger partial charge in [0.05, 0.1) is 0 Å². The lowest BCUT2D eigenvalue weighted by molar-refractivity contribution is -0.134. The Morgan fingerprint density at radius 1 is 1.36 bits per heavy atom. The molecule has 0 spiro atoms. The lowest BCUT2D eigenvalue weighted by Gasteiger charge is -2.35. The highest BCUT2D eigenvalue weighted by molar-refractivity contribution is 5.77. The molecule has 1 amide bonds. The average Bonchev–Trinajstić information content (AvgIpc) is 2.99. The van der Waals surface area contributed by atoms with Crippen LogP contribution in [-0.2, 0) is 18.3 Å². The predicted molar refractivity (Wildman–Crippen MR) is 83.1 cm³/mol. The molecular weight excluding hydrogens is 278 g/mol. The maximum absolute atomic E-state index is 12.6. The molecule has 1 N–H and O–H groups in total. The largest absolute Gasteiger partial charge is 0.336 e. The van der Waals surface area contributed by atoms with E-state index < -0.39 is 0 Å². The Morgan fingerprint density at radius 2 is 2.27 bits per heavy atom. The van der Waals surface area contributed by atoms with Crippen molar-refractivity contribution in [2.24, 2.45) is 7.05 Å². The fourth-order valence-electron chi connectivity index (χ4n) is 2.86. The molecule has 1 atom stereocenters. The SMILES string of the molecule is Cn1ccnc1C1CNCCN1C(=O)CCc1ccccn1. The van der Waals surface area contributed by atoms with E-state index in [2.05, 4.69) is 15.3 Å². The Balaban J connectivity index is 1.68. The van der Waals surface area contributed by atoms with E-state index >= 15 is 0 Å². The van der Waals surface area contributed by atoms with Crippen LogP contribution >= 0.6 is 0 Å². The predicted octanol–water partition coefficient (Wildman–Crippen LogP) is 0.921. The molecule has 22 heavy (non-hydrogen) atoms. The second-order valence-electron chi connectivity index (χ2n) is 5.52. The third-order valence-electron chi connectivity index (χ3n) is 4.04. The average molecular weight is 299 g/mol. The van der Waals surface area contributed by atoms with Crippen LogP contribution in [0, 0.1) is 0 Å². The van der Waals surface area contributed by atoms with Gasteiger partial charge in [-0.25, -0.2) is 4.98 Å². The van der Waals surface area contributed by atoms with E-state index in [0.717, 1.165) is 31.2 Å². The molecular formula is C16H21N5O. The monoisotopic (exact) mass is 299 g/mol. The van der Waals surface area contributed by atoms with Crippen LogP contribution in [0.15, 0.2) is 36.8 Å². The van der Waals surface area contributed by atoms with Crippen molar-refractivity contribution in [2.45, 2.75) is 18.9 Å². The second kappa shape index (κ2) is 6.70. The van der Waals surface area contributed by atoms with Crippen molar-refractivity contribution in [2.75, 3.05) is 19.6 Å². The van der Waals surface area contributed by atoms with Crippen LogP contribution in [-0.4, -0.2) is 45.0 Å². The van der Waals surface area contributed by atoms with E-state index in [9.17, 15) is 4.79 Å². The zero-order chi connectivity index (χ0) is 15.4. The molecule has 116 valence electrons. The number of amides is 1. The summed E-state index contributed by atoms with van der Waals surface area (Å²) in [4.78, 5) is 23.3. The first-order valence-electron chi connectivity index (χ1n) is 7.63. The van der Waals surface area contributed by atoms with Crippen molar-refractivity contribution in [3.05, 3.63) is 48.3 Å². The molecule has 6 heteroatoms. The van der Waals surface area contributed by atoms with Gasteiger partial charge >= 0.3 is 0 Å². The van der Waals surface area contributed by atoms with Crippen LogP contribution in [0.25, 0.3) is 0 Å². The summed E-state index contributed by atoms with van der Waals surface area (Å²) < 4.78 is 1.98. The summed E-state index contributed by atoms with van der Waals surface area (Å²) in [6.07, 6.45) is 6.62. The summed E-state index contributed by atoms with van der Waals surface area (Å²) in [6.45, 7) is 2.30. The van der Waals surface area contributed by atoms with Crippen molar-refractivity contribution < 1.29 is 4.79 Å². The number of rotatable bonds is 4. The fourth-order valence-corrected chi connectivity index (χ4v) is 2.86. The first kappa shape index (κ1) is 14.7. The first-order valence-corrected chi connectivity index (χ1v) is 7.63. The standard InChI is InChI=1S/C16H21N5O/c1-20-10-9-19-16(20)14-12-17-8-11-21(14)15(22)6-5-13-4-2-3-7-18-13/h2-4,7,9-10,14,17H,5-6,8,11-12H2,1H3. The minimum Gasteiger partial charge on any atom is -0.336 e. The highest BCUT2D eigenvalue weighted by atomic mass is 16.2.